The number of hydrogen-bond acceptors (Lipinski definition) is 4. The fourth-order valence-electron chi connectivity index (χ4n) is 2.04. The van der Waals surface area contributed by atoms with Gasteiger partial charge in [0.2, 0.25) is 0 Å². The number of aryl methyl sites for hydroxylation is 1. The number of Topliss-reactive ketones (excluding diaryl/α,β-unsaturated/α-hetero) is 1. The van der Waals surface area contributed by atoms with Crippen LogP contribution in [0.4, 0.5) is 0 Å². The molecule has 18 heavy (non-hydrogen) atoms. The number of ketones is 1. The Morgan fingerprint density at radius 2 is 2.33 bits per heavy atom. The highest BCUT2D eigenvalue weighted by Crippen LogP contribution is 2.32. The number of nitrogens with zero attached hydrogens (tertiary/aromatic N) is 1. The first-order valence-electron chi connectivity index (χ1n) is 5.95. The number of rotatable bonds is 3. The summed E-state index contributed by atoms with van der Waals surface area (Å²) in [4.78, 5) is 18.7. The maximum Gasteiger partial charge on any atom is 0.178 e. The number of thioether (sulfide) groups is 1. The Morgan fingerprint density at radius 1 is 1.39 bits per heavy atom. The molecule has 0 saturated carbocycles. The summed E-state index contributed by atoms with van der Waals surface area (Å²) in [5.41, 5.74) is 2.21. The van der Waals surface area contributed by atoms with Crippen LogP contribution < -0.4 is 0 Å². The van der Waals surface area contributed by atoms with Crippen molar-refractivity contribution in [2.45, 2.75) is 18.6 Å². The predicted octanol–water partition coefficient (Wildman–Crippen LogP) is 3.36. The molecule has 4 heteroatoms. The van der Waals surface area contributed by atoms with E-state index in [1.165, 1.54) is 16.2 Å². The molecule has 92 valence electrons. The van der Waals surface area contributed by atoms with Crippen LogP contribution in [0.15, 0.2) is 30.5 Å². The molecule has 0 aromatic carbocycles. The van der Waals surface area contributed by atoms with Crippen LogP contribution in [0.1, 0.15) is 25.8 Å². The number of carbonyl (C=O) groups is 1. The standard InChI is InChI=1S/C14H13NOS2/c16-12(8-11-3-1-2-5-15-11)14-7-10-9-17-6-4-13(10)18-14/h1-3,5,7H,4,6,8-9H2. The minimum absolute atomic E-state index is 0.193. The highest BCUT2D eigenvalue weighted by Gasteiger charge is 2.17. The van der Waals surface area contributed by atoms with Gasteiger partial charge in [0.25, 0.3) is 0 Å². The first-order chi connectivity index (χ1) is 8.83. The van der Waals surface area contributed by atoms with E-state index < -0.39 is 0 Å². The van der Waals surface area contributed by atoms with Crippen LogP contribution >= 0.6 is 23.1 Å². The zero-order valence-electron chi connectivity index (χ0n) is 9.89. The van der Waals surface area contributed by atoms with Gasteiger partial charge in [-0.2, -0.15) is 11.8 Å². The second-order valence-corrected chi connectivity index (χ2v) is 6.52. The van der Waals surface area contributed by atoms with Crippen LogP contribution in [0.5, 0.6) is 0 Å². The van der Waals surface area contributed by atoms with Crippen molar-refractivity contribution < 1.29 is 4.79 Å². The largest absolute Gasteiger partial charge is 0.293 e. The molecule has 3 rings (SSSR count). The quantitative estimate of drug-likeness (QED) is 0.805. The van der Waals surface area contributed by atoms with Gasteiger partial charge in [0.05, 0.1) is 11.3 Å². The number of fused-ring (bicyclic) bond motifs is 1. The average molecular weight is 275 g/mol. The van der Waals surface area contributed by atoms with Crippen LogP contribution in [-0.2, 0) is 18.6 Å². The van der Waals surface area contributed by atoms with Gasteiger partial charge in [-0.3, -0.25) is 9.78 Å². The van der Waals surface area contributed by atoms with Crippen molar-refractivity contribution in [3.8, 4) is 0 Å². The molecule has 2 nitrogen and oxygen atoms in total. The number of thiophene rings is 1. The maximum atomic E-state index is 12.2. The lowest BCUT2D eigenvalue weighted by atomic mass is 10.1. The van der Waals surface area contributed by atoms with Crippen molar-refractivity contribution in [1.82, 2.24) is 4.98 Å². The van der Waals surface area contributed by atoms with Crippen molar-refractivity contribution >= 4 is 28.9 Å². The van der Waals surface area contributed by atoms with E-state index in [0.717, 1.165) is 22.7 Å². The molecule has 2 aromatic rings. The van der Waals surface area contributed by atoms with E-state index in [0.29, 0.717) is 6.42 Å². The fraction of sp³-hybridized carbons (Fsp3) is 0.286. The molecule has 0 N–H and O–H groups in total. The normalized spacial score (nSPS) is 14.2. The summed E-state index contributed by atoms with van der Waals surface area (Å²) >= 11 is 3.62. The first-order valence-corrected chi connectivity index (χ1v) is 7.92. The first kappa shape index (κ1) is 11.9. The monoisotopic (exact) mass is 275 g/mol. The van der Waals surface area contributed by atoms with Crippen molar-refractivity contribution in [2.24, 2.45) is 0 Å². The van der Waals surface area contributed by atoms with Crippen molar-refractivity contribution in [3.05, 3.63) is 51.5 Å². The third kappa shape index (κ3) is 2.49. The molecular weight excluding hydrogens is 262 g/mol. The van der Waals surface area contributed by atoms with Gasteiger partial charge in [0, 0.05) is 22.5 Å². The Labute approximate surface area is 114 Å². The van der Waals surface area contributed by atoms with E-state index >= 15 is 0 Å². The van der Waals surface area contributed by atoms with Gasteiger partial charge in [-0.1, -0.05) is 6.07 Å². The lowest BCUT2D eigenvalue weighted by Crippen LogP contribution is -2.02. The molecule has 0 saturated heterocycles. The topological polar surface area (TPSA) is 30.0 Å². The van der Waals surface area contributed by atoms with E-state index in [1.807, 2.05) is 30.0 Å². The lowest BCUT2D eigenvalue weighted by Gasteiger charge is -2.08. The SMILES string of the molecule is O=C(Cc1ccccn1)c1cc2c(s1)CCSC2. The zero-order valence-corrected chi connectivity index (χ0v) is 11.5. The highest BCUT2D eigenvalue weighted by atomic mass is 32.2. The van der Waals surface area contributed by atoms with Gasteiger partial charge < -0.3 is 0 Å². The molecule has 0 spiro atoms. The lowest BCUT2D eigenvalue weighted by molar-refractivity contribution is 0.0996. The van der Waals surface area contributed by atoms with E-state index in [9.17, 15) is 4.79 Å². The number of carbonyl (C=O) groups excluding carboxylic acids is 1. The van der Waals surface area contributed by atoms with Gasteiger partial charge in [-0.15, -0.1) is 11.3 Å². The summed E-state index contributed by atoms with van der Waals surface area (Å²) in [6.07, 6.45) is 3.26. The number of pyridine rings is 1. The molecule has 1 aliphatic heterocycles. The summed E-state index contributed by atoms with van der Waals surface area (Å²) in [7, 11) is 0. The third-order valence-electron chi connectivity index (χ3n) is 2.97. The Balaban J connectivity index is 1.78. The van der Waals surface area contributed by atoms with Gasteiger partial charge in [-0.05, 0) is 35.9 Å². The summed E-state index contributed by atoms with van der Waals surface area (Å²) in [5.74, 6) is 2.43. The fourth-order valence-corrected chi connectivity index (χ4v) is 4.35. The maximum absolute atomic E-state index is 12.2. The van der Waals surface area contributed by atoms with Gasteiger partial charge in [-0.25, -0.2) is 0 Å². The van der Waals surface area contributed by atoms with Crippen LogP contribution in [0.3, 0.4) is 0 Å². The minimum atomic E-state index is 0.193. The summed E-state index contributed by atoms with van der Waals surface area (Å²) in [6, 6.07) is 7.78. The van der Waals surface area contributed by atoms with Crippen molar-refractivity contribution in [3.63, 3.8) is 0 Å². The molecule has 2 aromatic heterocycles. The smallest absolute Gasteiger partial charge is 0.178 e. The molecule has 0 bridgehead atoms. The highest BCUT2D eigenvalue weighted by molar-refractivity contribution is 7.98. The summed E-state index contributed by atoms with van der Waals surface area (Å²) in [6.45, 7) is 0. The van der Waals surface area contributed by atoms with Gasteiger partial charge >= 0.3 is 0 Å². The van der Waals surface area contributed by atoms with E-state index in [2.05, 4.69) is 11.1 Å². The number of hydrogen-bond donors (Lipinski definition) is 0. The van der Waals surface area contributed by atoms with Gasteiger partial charge in [0.15, 0.2) is 5.78 Å². The minimum Gasteiger partial charge on any atom is -0.293 e. The summed E-state index contributed by atoms with van der Waals surface area (Å²) in [5, 5.41) is 0. The molecule has 0 radical (unpaired) electrons. The second kappa shape index (κ2) is 5.24. The van der Waals surface area contributed by atoms with Crippen LogP contribution in [0.2, 0.25) is 0 Å². The Hall–Kier alpha value is -1.13. The van der Waals surface area contributed by atoms with E-state index in [1.54, 1.807) is 17.5 Å². The summed E-state index contributed by atoms with van der Waals surface area (Å²) < 4.78 is 0. The van der Waals surface area contributed by atoms with Crippen molar-refractivity contribution in [1.29, 1.82) is 0 Å². The van der Waals surface area contributed by atoms with Crippen LogP contribution in [0.25, 0.3) is 0 Å². The predicted molar refractivity (Wildman–Crippen MR) is 76.5 cm³/mol. The molecular formula is C14H13NOS2. The Bertz CT molecular complexity index is 539. The number of aromatic nitrogens is 1. The second-order valence-electron chi connectivity index (χ2n) is 4.28. The van der Waals surface area contributed by atoms with Gasteiger partial charge in [0.1, 0.15) is 0 Å². The van der Waals surface area contributed by atoms with E-state index in [-0.39, 0.29) is 5.78 Å². The molecule has 1 aliphatic rings. The molecule has 3 heterocycles. The third-order valence-corrected chi connectivity index (χ3v) is 5.26. The van der Waals surface area contributed by atoms with Crippen LogP contribution in [-0.4, -0.2) is 16.5 Å². The zero-order chi connectivity index (χ0) is 12.4. The molecule has 0 amide bonds. The molecule has 0 atom stereocenters. The Morgan fingerprint density at radius 3 is 3.11 bits per heavy atom. The molecule has 0 fully saturated rings. The molecule has 0 unspecified atom stereocenters. The van der Waals surface area contributed by atoms with Crippen molar-refractivity contribution in [2.75, 3.05) is 5.75 Å². The van der Waals surface area contributed by atoms with E-state index in [4.69, 9.17) is 0 Å². The molecule has 0 aliphatic carbocycles. The Kier molecular flexibility index (Phi) is 3.48. The van der Waals surface area contributed by atoms with Crippen LogP contribution in [0, 0.1) is 0 Å². The average Bonchev–Trinajstić information content (AvgIpc) is 2.84.